The number of carbonyl (C=O) groups is 1. The average molecular weight is 182 g/mol. The average Bonchev–Trinajstić information content (AvgIpc) is 2.49. The van der Waals surface area contributed by atoms with Crippen LogP contribution in [0.2, 0.25) is 0 Å². The minimum atomic E-state index is 0.306. The second-order valence-electron chi connectivity index (χ2n) is 4.76. The summed E-state index contributed by atoms with van der Waals surface area (Å²) >= 11 is 0. The van der Waals surface area contributed by atoms with Crippen molar-refractivity contribution < 1.29 is 9.53 Å². The minimum Gasteiger partial charge on any atom is -0.381 e. The van der Waals surface area contributed by atoms with Gasteiger partial charge in [-0.25, -0.2) is 0 Å². The van der Waals surface area contributed by atoms with Gasteiger partial charge in [-0.3, -0.25) is 4.79 Å². The molecular formula is C11H18O2. The first-order valence-corrected chi connectivity index (χ1v) is 5.30. The molecule has 1 saturated heterocycles. The standard InChI is InChI=1S/C11H18O2/c1-11(5-2-10(12)8-11)9-3-6-13-7-4-9/h9H,2-8H2,1H3. The molecule has 0 bridgehead atoms. The van der Waals surface area contributed by atoms with Crippen molar-refractivity contribution in [2.75, 3.05) is 13.2 Å². The molecule has 1 aliphatic heterocycles. The molecule has 1 heterocycles. The fourth-order valence-corrected chi connectivity index (χ4v) is 2.80. The van der Waals surface area contributed by atoms with Gasteiger partial charge in [-0.1, -0.05) is 6.92 Å². The zero-order valence-corrected chi connectivity index (χ0v) is 8.34. The highest BCUT2D eigenvalue weighted by Gasteiger charge is 2.40. The quantitative estimate of drug-likeness (QED) is 0.621. The van der Waals surface area contributed by atoms with Crippen molar-refractivity contribution in [2.24, 2.45) is 11.3 Å². The van der Waals surface area contributed by atoms with Crippen LogP contribution in [0.25, 0.3) is 0 Å². The van der Waals surface area contributed by atoms with Gasteiger partial charge in [0.2, 0.25) is 0 Å². The topological polar surface area (TPSA) is 26.3 Å². The maximum atomic E-state index is 11.3. The van der Waals surface area contributed by atoms with Gasteiger partial charge >= 0.3 is 0 Å². The van der Waals surface area contributed by atoms with Crippen LogP contribution in [0, 0.1) is 11.3 Å². The molecule has 0 aromatic carbocycles. The first-order chi connectivity index (χ1) is 6.21. The number of carbonyl (C=O) groups excluding carboxylic acids is 1. The largest absolute Gasteiger partial charge is 0.381 e. The molecule has 74 valence electrons. The third-order valence-electron chi connectivity index (χ3n) is 3.78. The summed E-state index contributed by atoms with van der Waals surface area (Å²) in [4.78, 5) is 11.3. The van der Waals surface area contributed by atoms with E-state index in [-0.39, 0.29) is 0 Å². The van der Waals surface area contributed by atoms with Crippen LogP contribution < -0.4 is 0 Å². The first-order valence-electron chi connectivity index (χ1n) is 5.30. The lowest BCUT2D eigenvalue weighted by Gasteiger charge is -2.36. The summed E-state index contributed by atoms with van der Waals surface area (Å²) in [5, 5.41) is 0. The third-order valence-corrected chi connectivity index (χ3v) is 3.78. The smallest absolute Gasteiger partial charge is 0.133 e. The monoisotopic (exact) mass is 182 g/mol. The molecule has 2 aliphatic rings. The number of ketones is 1. The number of Topliss-reactive ketones (excluding diaryl/α,β-unsaturated/α-hetero) is 1. The van der Waals surface area contributed by atoms with Crippen LogP contribution in [-0.2, 0) is 9.53 Å². The second kappa shape index (κ2) is 3.41. The lowest BCUT2D eigenvalue weighted by atomic mass is 9.72. The Hall–Kier alpha value is -0.370. The van der Waals surface area contributed by atoms with Crippen LogP contribution >= 0.6 is 0 Å². The van der Waals surface area contributed by atoms with E-state index < -0.39 is 0 Å². The number of rotatable bonds is 1. The van der Waals surface area contributed by atoms with Gasteiger partial charge in [0.25, 0.3) is 0 Å². The van der Waals surface area contributed by atoms with Gasteiger partial charge in [0, 0.05) is 26.1 Å². The molecule has 0 amide bonds. The molecule has 0 N–H and O–H groups in total. The van der Waals surface area contributed by atoms with E-state index in [4.69, 9.17) is 4.74 Å². The normalized spacial score (nSPS) is 36.8. The van der Waals surface area contributed by atoms with Crippen molar-refractivity contribution in [1.29, 1.82) is 0 Å². The minimum absolute atomic E-state index is 0.306. The maximum absolute atomic E-state index is 11.3. The van der Waals surface area contributed by atoms with Crippen molar-refractivity contribution in [1.82, 2.24) is 0 Å². The van der Waals surface area contributed by atoms with Gasteiger partial charge in [0.1, 0.15) is 5.78 Å². The lowest BCUT2D eigenvalue weighted by Crippen LogP contribution is -2.30. The zero-order chi connectivity index (χ0) is 9.31. The summed E-state index contributed by atoms with van der Waals surface area (Å²) in [6.45, 7) is 4.08. The predicted octanol–water partition coefficient (Wildman–Crippen LogP) is 2.17. The molecule has 0 aromatic rings. The van der Waals surface area contributed by atoms with E-state index in [2.05, 4.69) is 6.92 Å². The van der Waals surface area contributed by atoms with Crippen molar-refractivity contribution >= 4 is 5.78 Å². The van der Waals surface area contributed by atoms with Crippen molar-refractivity contribution in [2.45, 2.75) is 39.0 Å². The maximum Gasteiger partial charge on any atom is 0.133 e. The highest BCUT2D eigenvalue weighted by molar-refractivity contribution is 5.81. The summed E-state index contributed by atoms with van der Waals surface area (Å²) in [7, 11) is 0. The summed E-state index contributed by atoms with van der Waals surface area (Å²) in [5.41, 5.74) is 0.306. The Morgan fingerprint density at radius 1 is 1.38 bits per heavy atom. The molecule has 2 rings (SSSR count). The Kier molecular flexibility index (Phi) is 2.41. The van der Waals surface area contributed by atoms with Crippen molar-refractivity contribution in [3.8, 4) is 0 Å². The van der Waals surface area contributed by atoms with E-state index >= 15 is 0 Å². The number of ether oxygens (including phenoxy) is 1. The lowest BCUT2D eigenvalue weighted by molar-refractivity contribution is -0.118. The molecule has 1 saturated carbocycles. The van der Waals surface area contributed by atoms with E-state index in [1.165, 1.54) is 0 Å². The van der Waals surface area contributed by atoms with Gasteiger partial charge in [-0.15, -0.1) is 0 Å². The highest BCUT2D eigenvalue weighted by Crippen LogP contribution is 2.45. The summed E-state index contributed by atoms with van der Waals surface area (Å²) in [5.74, 6) is 1.20. The van der Waals surface area contributed by atoms with Crippen LogP contribution in [0.3, 0.4) is 0 Å². The Morgan fingerprint density at radius 2 is 2.08 bits per heavy atom. The Bertz CT molecular complexity index is 206. The van der Waals surface area contributed by atoms with Gasteiger partial charge in [0.05, 0.1) is 0 Å². The highest BCUT2D eigenvalue weighted by atomic mass is 16.5. The van der Waals surface area contributed by atoms with E-state index in [0.717, 1.165) is 51.2 Å². The van der Waals surface area contributed by atoms with Gasteiger partial charge in [-0.05, 0) is 30.6 Å². The fraction of sp³-hybridized carbons (Fsp3) is 0.909. The zero-order valence-electron chi connectivity index (χ0n) is 8.34. The number of hydrogen-bond donors (Lipinski definition) is 0. The molecule has 2 heteroatoms. The van der Waals surface area contributed by atoms with E-state index in [9.17, 15) is 4.79 Å². The number of hydrogen-bond acceptors (Lipinski definition) is 2. The molecule has 1 aliphatic carbocycles. The fourth-order valence-electron chi connectivity index (χ4n) is 2.80. The van der Waals surface area contributed by atoms with E-state index in [1.807, 2.05) is 0 Å². The summed E-state index contributed by atoms with van der Waals surface area (Å²) in [6, 6.07) is 0. The second-order valence-corrected chi connectivity index (χ2v) is 4.76. The Balaban J connectivity index is 2.01. The molecule has 0 aromatic heterocycles. The van der Waals surface area contributed by atoms with Crippen molar-refractivity contribution in [3.05, 3.63) is 0 Å². The van der Waals surface area contributed by atoms with Crippen LogP contribution in [0.15, 0.2) is 0 Å². The molecule has 2 nitrogen and oxygen atoms in total. The molecule has 2 fully saturated rings. The SMILES string of the molecule is CC1(C2CCOCC2)CCC(=O)C1. The molecule has 13 heavy (non-hydrogen) atoms. The van der Waals surface area contributed by atoms with Gasteiger partial charge in [-0.2, -0.15) is 0 Å². The molecule has 1 atom stereocenters. The molecule has 1 unspecified atom stereocenters. The van der Waals surface area contributed by atoms with Crippen LogP contribution in [0.4, 0.5) is 0 Å². The molecular weight excluding hydrogens is 164 g/mol. The van der Waals surface area contributed by atoms with Gasteiger partial charge < -0.3 is 4.74 Å². The van der Waals surface area contributed by atoms with Crippen LogP contribution in [0.5, 0.6) is 0 Å². The third kappa shape index (κ3) is 1.78. The predicted molar refractivity (Wildman–Crippen MR) is 50.5 cm³/mol. The van der Waals surface area contributed by atoms with E-state index in [0.29, 0.717) is 11.2 Å². The molecule has 0 radical (unpaired) electrons. The Labute approximate surface area is 79.7 Å². The Morgan fingerprint density at radius 3 is 2.62 bits per heavy atom. The van der Waals surface area contributed by atoms with Crippen molar-refractivity contribution in [3.63, 3.8) is 0 Å². The summed E-state index contributed by atoms with van der Waals surface area (Å²) in [6.07, 6.45) is 5.05. The summed E-state index contributed by atoms with van der Waals surface area (Å²) < 4.78 is 5.35. The van der Waals surface area contributed by atoms with Gasteiger partial charge in [0.15, 0.2) is 0 Å². The first kappa shape index (κ1) is 9.20. The molecule has 0 spiro atoms. The van der Waals surface area contributed by atoms with E-state index in [1.54, 1.807) is 0 Å². The van der Waals surface area contributed by atoms with Crippen LogP contribution in [0.1, 0.15) is 39.0 Å². The van der Waals surface area contributed by atoms with Crippen LogP contribution in [-0.4, -0.2) is 19.0 Å².